The molecule has 1 aliphatic heterocycles. The van der Waals surface area contributed by atoms with Crippen molar-refractivity contribution in [3.8, 4) is 0 Å². The minimum absolute atomic E-state index is 0.251. The van der Waals surface area contributed by atoms with E-state index in [1.165, 1.54) is 11.8 Å². The average molecular weight is 437 g/mol. The molecule has 168 valence electrons. The number of piperazine rings is 1. The van der Waals surface area contributed by atoms with Crippen molar-refractivity contribution in [3.05, 3.63) is 53.1 Å². The number of hydrogen-bond donors (Lipinski definition) is 0. The van der Waals surface area contributed by atoms with Crippen molar-refractivity contribution in [1.82, 2.24) is 9.47 Å². The zero-order chi connectivity index (χ0) is 22.0. The number of aryl methyl sites for hydroxylation is 1. The lowest BCUT2D eigenvalue weighted by Gasteiger charge is -2.36. The summed E-state index contributed by atoms with van der Waals surface area (Å²) in [6, 6.07) is 5.17. The molecule has 2 aromatic rings. The van der Waals surface area contributed by atoms with Gasteiger partial charge in [-0.1, -0.05) is 0 Å². The molecule has 1 aromatic heterocycles. The van der Waals surface area contributed by atoms with E-state index < -0.39 is 17.6 Å². The van der Waals surface area contributed by atoms with Crippen molar-refractivity contribution >= 4 is 11.5 Å². The summed E-state index contributed by atoms with van der Waals surface area (Å²) in [4.78, 5) is 16.2. The standard InChI is InChI=1S/C23H27F4N3O/c24-20-7-6-17(16-19(20)23(25,26)27)29-14-12-28(13-15-29)9-1-2-10-30-11-8-18-21(30)4-3-5-22(18)31/h6-8,11,16H,1-5,9-10,12-15H2. The number of anilines is 1. The number of rotatable bonds is 6. The van der Waals surface area contributed by atoms with Crippen LogP contribution in [-0.2, 0) is 19.1 Å². The van der Waals surface area contributed by atoms with Crippen LogP contribution in [0.1, 0.15) is 47.3 Å². The Hall–Kier alpha value is -2.35. The van der Waals surface area contributed by atoms with Gasteiger partial charge < -0.3 is 9.47 Å². The second-order valence-electron chi connectivity index (χ2n) is 8.34. The van der Waals surface area contributed by atoms with Crippen LogP contribution in [0.15, 0.2) is 30.5 Å². The maximum Gasteiger partial charge on any atom is 0.419 e. The molecular formula is C23H27F4N3O. The number of hydrogen-bond acceptors (Lipinski definition) is 3. The number of fused-ring (bicyclic) bond motifs is 1. The van der Waals surface area contributed by atoms with Gasteiger partial charge in [0.2, 0.25) is 0 Å². The molecule has 0 unspecified atom stereocenters. The lowest BCUT2D eigenvalue weighted by molar-refractivity contribution is -0.139. The lowest BCUT2D eigenvalue weighted by atomic mass is 9.97. The molecule has 1 fully saturated rings. The Kier molecular flexibility index (Phi) is 6.36. The summed E-state index contributed by atoms with van der Waals surface area (Å²) in [5.41, 5.74) is 1.26. The van der Waals surface area contributed by atoms with Crippen LogP contribution in [0.5, 0.6) is 0 Å². The number of alkyl halides is 3. The van der Waals surface area contributed by atoms with E-state index in [9.17, 15) is 22.4 Å². The summed E-state index contributed by atoms with van der Waals surface area (Å²) < 4.78 is 54.6. The maximum absolute atomic E-state index is 13.5. The van der Waals surface area contributed by atoms with E-state index in [1.807, 2.05) is 17.2 Å². The molecule has 4 nitrogen and oxygen atoms in total. The summed E-state index contributed by atoms with van der Waals surface area (Å²) in [6.07, 6.45) is 1.92. The van der Waals surface area contributed by atoms with E-state index in [0.29, 0.717) is 25.2 Å². The van der Waals surface area contributed by atoms with Crippen molar-refractivity contribution in [2.24, 2.45) is 0 Å². The van der Waals surface area contributed by atoms with Gasteiger partial charge in [0, 0.05) is 62.3 Å². The smallest absolute Gasteiger partial charge is 0.369 e. The average Bonchev–Trinajstić information content (AvgIpc) is 3.16. The molecule has 2 heterocycles. The van der Waals surface area contributed by atoms with Crippen LogP contribution in [-0.4, -0.2) is 48.0 Å². The number of aromatic nitrogens is 1. The molecule has 8 heteroatoms. The summed E-state index contributed by atoms with van der Waals surface area (Å²) in [6.45, 7) is 4.62. The fraction of sp³-hybridized carbons (Fsp3) is 0.522. The fourth-order valence-electron chi connectivity index (χ4n) is 4.57. The molecule has 0 N–H and O–H groups in total. The van der Waals surface area contributed by atoms with Crippen molar-refractivity contribution in [3.63, 3.8) is 0 Å². The SMILES string of the molecule is O=C1CCCc2c1ccn2CCCCN1CCN(c2ccc(F)c(C(F)(F)F)c2)CC1. The molecule has 1 aliphatic carbocycles. The highest BCUT2D eigenvalue weighted by Gasteiger charge is 2.34. The number of carbonyl (C=O) groups is 1. The second kappa shape index (κ2) is 9.02. The van der Waals surface area contributed by atoms with Gasteiger partial charge in [0.1, 0.15) is 5.82 Å². The number of unbranched alkanes of at least 4 members (excludes halogenated alkanes) is 1. The van der Waals surface area contributed by atoms with Crippen LogP contribution in [0.4, 0.5) is 23.2 Å². The number of ketones is 1. The zero-order valence-corrected chi connectivity index (χ0v) is 17.4. The molecule has 0 spiro atoms. The van der Waals surface area contributed by atoms with Gasteiger partial charge in [-0.25, -0.2) is 4.39 Å². The van der Waals surface area contributed by atoms with E-state index in [2.05, 4.69) is 9.47 Å². The van der Waals surface area contributed by atoms with Gasteiger partial charge in [-0.2, -0.15) is 13.2 Å². The minimum Gasteiger partial charge on any atom is -0.369 e. The largest absolute Gasteiger partial charge is 0.419 e. The van der Waals surface area contributed by atoms with Crippen LogP contribution in [0.3, 0.4) is 0 Å². The van der Waals surface area contributed by atoms with Gasteiger partial charge in [0.05, 0.1) is 5.56 Å². The van der Waals surface area contributed by atoms with E-state index in [4.69, 9.17) is 0 Å². The third-order valence-electron chi connectivity index (χ3n) is 6.31. The Bertz CT molecular complexity index is 929. The van der Waals surface area contributed by atoms with Crippen molar-refractivity contribution in [2.45, 2.75) is 44.8 Å². The molecular weight excluding hydrogens is 410 g/mol. The molecule has 1 saturated heterocycles. The Morgan fingerprint density at radius 1 is 0.935 bits per heavy atom. The topological polar surface area (TPSA) is 28.5 Å². The molecule has 0 radical (unpaired) electrons. The lowest BCUT2D eigenvalue weighted by Crippen LogP contribution is -2.46. The Balaban J connectivity index is 1.23. The van der Waals surface area contributed by atoms with Crippen LogP contribution >= 0.6 is 0 Å². The molecule has 2 aliphatic rings. The highest BCUT2D eigenvalue weighted by Crippen LogP contribution is 2.34. The van der Waals surface area contributed by atoms with Crippen molar-refractivity contribution < 1.29 is 22.4 Å². The molecule has 4 rings (SSSR count). The summed E-state index contributed by atoms with van der Waals surface area (Å²) in [5.74, 6) is -0.982. The van der Waals surface area contributed by atoms with Gasteiger partial charge >= 0.3 is 6.18 Å². The first-order valence-corrected chi connectivity index (χ1v) is 10.9. The third kappa shape index (κ3) is 4.95. The van der Waals surface area contributed by atoms with Gasteiger partial charge in [-0.15, -0.1) is 0 Å². The van der Waals surface area contributed by atoms with E-state index >= 15 is 0 Å². The number of halogens is 4. The Labute approximate surface area is 179 Å². The Morgan fingerprint density at radius 3 is 2.42 bits per heavy atom. The van der Waals surface area contributed by atoms with Crippen LogP contribution in [0.25, 0.3) is 0 Å². The van der Waals surface area contributed by atoms with Gasteiger partial charge in [-0.05, 0) is 56.5 Å². The normalized spacial score (nSPS) is 17.8. The highest BCUT2D eigenvalue weighted by molar-refractivity contribution is 5.98. The first-order chi connectivity index (χ1) is 14.8. The van der Waals surface area contributed by atoms with Crippen LogP contribution < -0.4 is 4.90 Å². The van der Waals surface area contributed by atoms with Gasteiger partial charge in [0.15, 0.2) is 5.78 Å². The van der Waals surface area contributed by atoms with Crippen LogP contribution in [0, 0.1) is 5.82 Å². The number of benzene rings is 1. The molecule has 0 amide bonds. The predicted molar refractivity (Wildman–Crippen MR) is 111 cm³/mol. The molecule has 0 saturated carbocycles. The number of nitrogens with zero attached hydrogens (tertiary/aromatic N) is 3. The Morgan fingerprint density at radius 2 is 1.68 bits per heavy atom. The first kappa shape index (κ1) is 21.9. The number of carbonyl (C=O) groups excluding carboxylic acids is 1. The zero-order valence-electron chi connectivity index (χ0n) is 17.4. The monoisotopic (exact) mass is 437 g/mol. The quantitative estimate of drug-likeness (QED) is 0.482. The molecule has 0 atom stereocenters. The second-order valence-corrected chi connectivity index (χ2v) is 8.34. The molecule has 31 heavy (non-hydrogen) atoms. The molecule has 1 aromatic carbocycles. The summed E-state index contributed by atoms with van der Waals surface area (Å²) in [5, 5.41) is 0. The summed E-state index contributed by atoms with van der Waals surface area (Å²) in [7, 11) is 0. The summed E-state index contributed by atoms with van der Waals surface area (Å²) >= 11 is 0. The van der Waals surface area contributed by atoms with Crippen LogP contribution in [0.2, 0.25) is 0 Å². The first-order valence-electron chi connectivity index (χ1n) is 10.9. The van der Waals surface area contributed by atoms with Crippen molar-refractivity contribution in [2.75, 3.05) is 37.6 Å². The van der Waals surface area contributed by atoms with E-state index in [1.54, 1.807) is 0 Å². The predicted octanol–water partition coefficient (Wildman–Crippen LogP) is 4.77. The number of Topliss-reactive ketones (excluding diaryl/α,β-unsaturated/α-hetero) is 1. The van der Waals surface area contributed by atoms with Crippen molar-refractivity contribution in [1.29, 1.82) is 0 Å². The highest BCUT2D eigenvalue weighted by atomic mass is 19.4. The third-order valence-corrected chi connectivity index (χ3v) is 6.31. The van der Waals surface area contributed by atoms with Gasteiger partial charge in [-0.3, -0.25) is 9.69 Å². The fourth-order valence-corrected chi connectivity index (χ4v) is 4.57. The van der Waals surface area contributed by atoms with E-state index in [-0.39, 0.29) is 5.78 Å². The molecule has 0 bridgehead atoms. The van der Waals surface area contributed by atoms with E-state index in [0.717, 1.165) is 69.6 Å². The van der Waals surface area contributed by atoms with Gasteiger partial charge in [0.25, 0.3) is 0 Å². The minimum atomic E-state index is -4.69. The maximum atomic E-state index is 13.5.